The minimum atomic E-state index is -4.67. The van der Waals surface area contributed by atoms with Gasteiger partial charge in [0.25, 0.3) is 5.91 Å². The number of fused-ring (bicyclic) bond motifs is 1. The lowest BCUT2D eigenvalue weighted by Gasteiger charge is -2.34. The Balaban J connectivity index is 1.31. The maximum atomic E-state index is 13.5. The molecular weight excluding hydrogens is 507 g/mol. The topological polar surface area (TPSA) is 71.6 Å². The molecule has 0 N–H and O–H groups in total. The number of carbonyl (C=O) groups excluding carboxylic acids is 1. The Kier molecular flexibility index (Phi) is 6.45. The fourth-order valence-corrected chi connectivity index (χ4v) is 4.90. The molecule has 0 bridgehead atoms. The van der Waals surface area contributed by atoms with Crippen LogP contribution in [0.25, 0.3) is 11.3 Å². The summed E-state index contributed by atoms with van der Waals surface area (Å²) in [6.45, 7) is 8.12. The van der Waals surface area contributed by atoms with Gasteiger partial charge in [0.15, 0.2) is 11.3 Å². The van der Waals surface area contributed by atoms with Crippen molar-refractivity contribution in [3.05, 3.63) is 75.5 Å². The van der Waals surface area contributed by atoms with Crippen LogP contribution in [0.3, 0.4) is 0 Å². The van der Waals surface area contributed by atoms with Gasteiger partial charge in [-0.25, -0.2) is 14.2 Å². The molecule has 0 radical (unpaired) electrons. The molecule has 1 fully saturated rings. The van der Waals surface area contributed by atoms with Gasteiger partial charge in [0.05, 0.1) is 11.4 Å². The van der Waals surface area contributed by atoms with Crippen LogP contribution >= 0.6 is 11.6 Å². The van der Waals surface area contributed by atoms with Gasteiger partial charge in [-0.3, -0.25) is 9.69 Å². The number of piperazine rings is 1. The van der Waals surface area contributed by atoms with Crippen molar-refractivity contribution in [1.29, 1.82) is 0 Å². The first-order valence-electron chi connectivity index (χ1n) is 11.8. The summed E-state index contributed by atoms with van der Waals surface area (Å²) in [7, 11) is 0. The number of halogens is 4. The Morgan fingerprint density at radius 3 is 2.35 bits per heavy atom. The van der Waals surface area contributed by atoms with Gasteiger partial charge in [-0.2, -0.15) is 23.4 Å². The van der Waals surface area contributed by atoms with Crippen LogP contribution < -0.4 is 0 Å². The van der Waals surface area contributed by atoms with E-state index >= 15 is 0 Å². The average Bonchev–Trinajstić information content (AvgIpc) is 3.34. The molecule has 12 heteroatoms. The maximum absolute atomic E-state index is 13.5. The average molecular weight is 532 g/mol. The van der Waals surface area contributed by atoms with Gasteiger partial charge in [0.1, 0.15) is 10.7 Å². The molecule has 1 aromatic carbocycles. The third-order valence-electron chi connectivity index (χ3n) is 6.64. The first-order valence-corrected chi connectivity index (χ1v) is 12.2. The zero-order chi connectivity index (χ0) is 26.5. The predicted octanol–water partition coefficient (Wildman–Crippen LogP) is 4.47. The van der Waals surface area contributed by atoms with Gasteiger partial charge in [0.2, 0.25) is 0 Å². The van der Waals surface area contributed by atoms with E-state index in [1.165, 1.54) is 6.92 Å². The number of aromatic nitrogens is 5. The number of benzene rings is 1. The van der Waals surface area contributed by atoms with E-state index in [9.17, 15) is 18.0 Å². The van der Waals surface area contributed by atoms with E-state index in [2.05, 4.69) is 15.0 Å². The summed E-state index contributed by atoms with van der Waals surface area (Å²) in [5, 5.41) is 8.45. The van der Waals surface area contributed by atoms with Gasteiger partial charge < -0.3 is 4.90 Å². The van der Waals surface area contributed by atoms with Gasteiger partial charge in [0, 0.05) is 49.7 Å². The molecule has 0 spiro atoms. The lowest BCUT2D eigenvalue weighted by Crippen LogP contribution is -2.48. The molecule has 37 heavy (non-hydrogen) atoms. The van der Waals surface area contributed by atoms with Gasteiger partial charge >= 0.3 is 6.18 Å². The number of carbonyl (C=O) groups is 1. The van der Waals surface area contributed by atoms with Crippen molar-refractivity contribution in [1.82, 2.24) is 34.2 Å². The molecule has 4 aromatic rings. The highest BCUT2D eigenvalue weighted by Gasteiger charge is 2.37. The standard InChI is InChI=1S/C25H25ClF3N7O/c1-15-13-20(25(27,28)29)36-23(30-15)21(26)22(32-36)24(37)34-11-9-33(10-12-34)14-19-16(2)31-35(17(19)3)18-7-5-4-6-8-18/h4-8,13H,9-12,14H2,1-3H3. The number of alkyl halides is 3. The minimum absolute atomic E-state index is 0.135. The van der Waals surface area contributed by atoms with E-state index in [1.807, 2.05) is 48.9 Å². The number of rotatable bonds is 4. The number of amides is 1. The van der Waals surface area contributed by atoms with Crippen LogP contribution in [-0.2, 0) is 12.7 Å². The summed E-state index contributed by atoms with van der Waals surface area (Å²) >= 11 is 6.31. The van der Waals surface area contributed by atoms with Gasteiger partial charge in [-0.15, -0.1) is 0 Å². The Bertz CT molecular complexity index is 1470. The molecule has 194 valence electrons. The molecular formula is C25H25ClF3N7O. The molecule has 5 rings (SSSR count). The molecule has 1 amide bonds. The van der Waals surface area contributed by atoms with E-state index < -0.39 is 17.8 Å². The van der Waals surface area contributed by atoms with Crippen LogP contribution in [0.4, 0.5) is 13.2 Å². The van der Waals surface area contributed by atoms with E-state index in [0.717, 1.165) is 28.7 Å². The van der Waals surface area contributed by atoms with E-state index in [-0.39, 0.29) is 22.1 Å². The van der Waals surface area contributed by atoms with Crippen LogP contribution in [0.2, 0.25) is 5.02 Å². The zero-order valence-electron chi connectivity index (χ0n) is 20.6. The Labute approximate surface area is 216 Å². The Hall–Kier alpha value is -3.44. The number of para-hydroxylation sites is 1. The molecule has 0 atom stereocenters. The van der Waals surface area contributed by atoms with E-state index in [0.29, 0.717) is 37.2 Å². The molecule has 0 unspecified atom stereocenters. The molecule has 1 aliphatic rings. The van der Waals surface area contributed by atoms with Crippen molar-refractivity contribution >= 4 is 23.2 Å². The van der Waals surface area contributed by atoms with E-state index in [4.69, 9.17) is 16.7 Å². The second kappa shape index (κ2) is 9.46. The van der Waals surface area contributed by atoms with Crippen LogP contribution in [0.5, 0.6) is 0 Å². The SMILES string of the molecule is Cc1cc(C(F)(F)F)n2nc(C(=O)N3CCN(Cc4c(C)nn(-c5ccccc5)c4C)CC3)c(Cl)c2n1. The number of nitrogens with zero attached hydrogens (tertiary/aromatic N) is 7. The van der Waals surface area contributed by atoms with Crippen LogP contribution in [0, 0.1) is 20.8 Å². The quantitative estimate of drug-likeness (QED) is 0.388. The van der Waals surface area contributed by atoms with Crippen molar-refractivity contribution in [3.63, 3.8) is 0 Å². The van der Waals surface area contributed by atoms with Gasteiger partial charge in [-0.1, -0.05) is 29.8 Å². The van der Waals surface area contributed by atoms with Gasteiger partial charge in [-0.05, 0) is 39.0 Å². The van der Waals surface area contributed by atoms with Crippen molar-refractivity contribution < 1.29 is 18.0 Å². The number of aryl methyl sites for hydroxylation is 2. The number of hydrogen-bond donors (Lipinski definition) is 0. The molecule has 1 aliphatic heterocycles. The summed E-state index contributed by atoms with van der Waals surface area (Å²) in [5.74, 6) is -0.509. The van der Waals surface area contributed by atoms with Crippen molar-refractivity contribution in [3.8, 4) is 5.69 Å². The largest absolute Gasteiger partial charge is 0.433 e. The minimum Gasteiger partial charge on any atom is -0.335 e. The first-order chi connectivity index (χ1) is 17.5. The summed E-state index contributed by atoms with van der Waals surface area (Å²) < 4.78 is 43.1. The monoisotopic (exact) mass is 531 g/mol. The van der Waals surface area contributed by atoms with Crippen LogP contribution in [-0.4, -0.2) is 66.3 Å². The molecule has 1 saturated heterocycles. The molecule has 0 aliphatic carbocycles. The Morgan fingerprint density at radius 1 is 1.03 bits per heavy atom. The smallest absolute Gasteiger partial charge is 0.335 e. The third-order valence-corrected chi connectivity index (χ3v) is 6.99. The predicted molar refractivity (Wildman–Crippen MR) is 132 cm³/mol. The normalized spacial score (nSPS) is 15.1. The first kappa shape index (κ1) is 25.2. The zero-order valence-corrected chi connectivity index (χ0v) is 21.3. The molecule has 3 aromatic heterocycles. The highest BCUT2D eigenvalue weighted by atomic mass is 35.5. The summed E-state index contributed by atoms with van der Waals surface area (Å²) in [5.41, 5.74) is 2.83. The maximum Gasteiger partial charge on any atom is 0.433 e. The highest BCUT2D eigenvalue weighted by molar-refractivity contribution is 6.36. The molecule has 8 nitrogen and oxygen atoms in total. The summed E-state index contributed by atoms with van der Waals surface area (Å²) in [6, 6.07) is 10.8. The van der Waals surface area contributed by atoms with Crippen LogP contribution in [0.1, 0.15) is 38.8 Å². The highest BCUT2D eigenvalue weighted by Crippen LogP contribution is 2.32. The fourth-order valence-electron chi connectivity index (χ4n) is 4.66. The summed E-state index contributed by atoms with van der Waals surface area (Å²) in [6.07, 6.45) is -4.67. The summed E-state index contributed by atoms with van der Waals surface area (Å²) in [4.78, 5) is 21.1. The second-order valence-corrected chi connectivity index (χ2v) is 9.52. The lowest BCUT2D eigenvalue weighted by molar-refractivity contribution is -0.142. The number of hydrogen-bond acceptors (Lipinski definition) is 5. The molecule has 4 heterocycles. The van der Waals surface area contributed by atoms with E-state index in [1.54, 1.807) is 4.90 Å². The second-order valence-electron chi connectivity index (χ2n) is 9.14. The Morgan fingerprint density at radius 2 is 1.70 bits per heavy atom. The van der Waals surface area contributed by atoms with Crippen molar-refractivity contribution in [2.45, 2.75) is 33.5 Å². The molecule has 0 saturated carbocycles. The van der Waals surface area contributed by atoms with Crippen molar-refractivity contribution in [2.75, 3.05) is 26.2 Å². The van der Waals surface area contributed by atoms with Crippen molar-refractivity contribution in [2.24, 2.45) is 0 Å². The van der Waals surface area contributed by atoms with Crippen LogP contribution in [0.15, 0.2) is 36.4 Å². The lowest BCUT2D eigenvalue weighted by atomic mass is 10.1. The third kappa shape index (κ3) is 4.69. The fraction of sp³-hybridized carbons (Fsp3) is 0.360.